The molecule has 0 radical (unpaired) electrons. The van der Waals surface area contributed by atoms with Gasteiger partial charge in [0, 0.05) is 5.38 Å². The SMILES string of the molecule is C/C=C(/C)C(C)C(C)/C=C/c1csc(C=O)n1. The number of carbonyl (C=O) groups excluding carboxylic acids is 1. The molecule has 1 rings (SSSR count). The van der Waals surface area contributed by atoms with E-state index in [1.165, 1.54) is 16.9 Å². The van der Waals surface area contributed by atoms with E-state index in [0.717, 1.165) is 12.0 Å². The van der Waals surface area contributed by atoms with Crippen LogP contribution in [0.5, 0.6) is 0 Å². The predicted molar refractivity (Wildman–Crippen MR) is 74.3 cm³/mol. The van der Waals surface area contributed by atoms with Crippen molar-refractivity contribution in [1.82, 2.24) is 4.98 Å². The first kappa shape index (κ1) is 13.8. The Kier molecular flexibility index (Phi) is 5.29. The molecule has 0 aromatic carbocycles. The molecule has 2 unspecified atom stereocenters. The quantitative estimate of drug-likeness (QED) is 0.578. The topological polar surface area (TPSA) is 30.0 Å². The van der Waals surface area contributed by atoms with Gasteiger partial charge in [-0.3, -0.25) is 4.79 Å². The summed E-state index contributed by atoms with van der Waals surface area (Å²) in [6.45, 7) is 8.64. The van der Waals surface area contributed by atoms with Crippen LogP contribution in [0.25, 0.3) is 6.08 Å². The Morgan fingerprint density at radius 2 is 2.18 bits per heavy atom. The summed E-state index contributed by atoms with van der Waals surface area (Å²) in [7, 11) is 0. The molecule has 17 heavy (non-hydrogen) atoms. The number of allylic oxidation sites excluding steroid dienone is 3. The minimum atomic E-state index is 0.465. The zero-order valence-corrected chi connectivity index (χ0v) is 11.6. The average molecular weight is 249 g/mol. The molecule has 2 nitrogen and oxygen atoms in total. The Balaban J connectivity index is 2.67. The van der Waals surface area contributed by atoms with Crippen LogP contribution in [0.2, 0.25) is 0 Å². The molecule has 1 aromatic rings. The molecule has 0 aliphatic rings. The molecule has 1 aromatic heterocycles. The standard InChI is InChI=1S/C14H19NOS/c1-5-10(2)12(4)11(3)6-7-13-9-17-14(8-16)15-13/h5-9,11-12H,1-4H3/b7-6+,10-5-. The zero-order chi connectivity index (χ0) is 12.8. The number of nitrogens with zero attached hydrogens (tertiary/aromatic N) is 1. The highest BCUT2D eigenvalue weighted by molar-refractivity contribution is 7.11. The summed E-state index contributed by atoms with van der Waals surface area (Å²) in [5.41, 5.74) is 2.27. The van der Waals surface area contributed by atoms with Crippen LogP contribution < -0.4 is 0 Å². The lowest BCUT2D eigenvalue weighted by molar-refractivity contribution is 0.112. The van der Waals surface area contributed by atoms with E-state index in [1.54, 1.807) is 0 Å². The third-order valence-corrected chi connectivity index (χ3v) is 3.96. The summed E-state index contributed by atoms with van der Waals surface area (Å²) in [6, 6.07) is 0. The molecule has 0 aliphatic heterocycles. The van der Waals surface area contributed by atoms with Gasteiger partial charge in [-0.2, -0.15) is 0 Å². The molecule has 0 amide bonds. The summed E-state index contributed by atoms with van der Waals surface area (Å²) < 4.78 is 0. The Hall–Kier alpha value is -1.22. The molecule has 0 spiro atoms. The molecule has 2 atom stereocenters. The molecule has 0 saturated carbocycles. The number of aromatic nitrogens is 1. The van der Waals surface area contributed by atoms with Gasteiger partial charge in [-0.1, -0.05) is 31.6 Å². The summed E-state index contributed by atoms with van der Waals surface area (Å²) in [5.74, 6) is 0.994. The molecule has 0 bridgehead atoms. The third kappa shape index (κ3) is 3.93. The van der Waals surface area contributed by atoms with Gasteiger partial charge in [-0.25, -0.2) is 4.98 Å². The smallest absolute Gasteiger partial charge is 0.178 e. The second-order valence-electron chi connectivity index (χ2n) is 4.27. The van der Waals surface area contributed by atoms with Gasteiger partial charge in [-0.05, 0) is 31.8 Å². The first-order chi connectivity index (χ1) is 8.08. The molecule has 92 valence electrons. The second kappa shape index (κ2) is 6.50. The van der Waals surface area contributed by atoms with Gasteiger partial charge in [-0.15, -0.1) is 11.3 Å². The number of aldehydes is 1. The van der Waals surface area contributed by atoms with Crippen molar-refractivity contribution in [3.05, 3.63) is 33.8 Å². The highest BCUT2D eigenvalue weighted by atomic mass is 32.1. The summed E-state index contributed by atoms with van der Waals surface area (Å²) in [5, 5.41) is 2.44. The van der Waals surface area contributed by atoms with Gasteiger partial charge in [0.15, 0.2) is 11.3 Å². The van der Waals surface area contributed by atoms with E-state index >= 15 is 0 Å². The lowest BCUT2D eigenvalue weighted by atomic mass is 9.89. The lowest BCUT2D eigenvalue weighted by Gasteiger charge is -2.16. The number of hydrogen-bond acceptors (Lipinski definition) is 3. The van der Waals surface area contributed by atoms with Gasteiger partial charge in [0.05, 0.1) is 5.69 Å². The van der Waals surface area contributed by atoms with E-state index in [1.807, 2.05) is 11.5 Å². The summed E-state index contributed by atoms with van der Waals surface area (Å²) in [4.78, 5) is 14.7. The molecule has 3 heteroatoms. The van der Waals surface area contributed by atoms with Crippen LogP contribution in [-0.2, 0) is 0 Å². The lowest BCUT2D eigenvalue weighted by Crippen LogP contribution is -2.06. The van der Waals surface area contributed by atoms with E-state index in [4.69, 9.17) is 0 Å². The molecule has 0 N–H and O–H groups in total. The molecule has 0 saturated heterocycles. The maximum absolute atomic E-state index is 10.5. The minimum absolute atomic E-state index is 0.465. The predicted octanol–water partition coefficient (Wildman–Crippen LogP) is 4.21. The Morgan fingerprint density at radius 1 is 1.47 bits per heavy atom. The van der Waals surface area contributed by atoms with Crippen molar-refractivity contribution in [2.45, 2.75) is 27.7 Å². The average Bonchev–Trinajstić information content (AvgIpc) is 2.81. The number of thiazole rings is 1. The fourth-order valence-electron chi connectivity index (χ4n) is 1.53. The minimum Gasteiger partial charge on any atom is -0.295 e. The fraction of sp³-hybridized carbons (Fsp3) is 0.429. The molecular formula is C14H19NOS. The maximum Gasteiger partial charge on any atom is 0.178 e. The van der Waals surface area contributed by atoms with Gasteiger partial charge < -0.3 is 0 Å². The largest absolute Gasteiger partial charge is 0.295 e. The fourth-order valence-corrected chi connectivity index (χ4v) is 2.11. The maximum atomic E-state index is 10.5. The van der Waals surface area contributed by atoms with Crippen molar-refractivity contribution < 1.29 is 4.79 Å². The van der Waals surface area contributed by atoms with Crippen LogP contribution in [0.3, 0.4) is 0 Å². The van der Waals surface area contributed by atoms with Gasteiger partial charge in [0.2, 0.25) is 0 Å². The molecule has 1 heterocycles. The molecule has 0 aliphatic carbocycles. The number of hydrogen-bond donors (Lipinski definition) is 0. The van der Waals surface area contributed by atoms with Crippen LogP contribution in [0, 0.1) is 11.8 Å². The highest BCUT2D eigenvalue weighted by Crippen LogP contribution is 2.21. The van der Waals surface area contributed by atoms with Crippen molar-refractivity contribution in [1.29, 1.82) is 0 Å². The normalized spacial score (nSPS) is 16.1. The third-order valence-electron chi connectivity index (χ3n) is 3.17. The number of rotatable bonds is 5. The Bertz CT molecular complexity index is 431. The van der Waals surface area contributed by atoms with E-state index < -0.39 is 0 Å². The summed E-state index contributed by atoms with van der Waals surface area (Å²) >= 11 is 1.38. The van der Waals surface area contributed by atoms with E-state index in [0.29, 0.717) is 16.8 Å². The second-order valence-corrected chi connectivity index (χ2v) is 5.16. The first-order valence-corrected chi connectivity index (χ1v) is 6.68. The Morgan fingerprint density at radius 3 is 2.71 bits per heavy atom. The molecule has 0 fully saturated rings. The highest BCUT2D eigenvalue weighted by Gasteiger charge is 2.10. The monoisotopic (exact) mass is 249 g/mol. The Labute approximate surface area is 107 Å². The van der Waals surface area contributed by atoms with E-state index in [9.17, 15) is 4.79 Å². The van der Waals surface area contributed by atoms with Gasteiger partial charge in [0.1, 0.15) is 0 Å². The van der Waals surface area contributed by atoms with Crippen LogP contribution in [0.1, 0.15) is 43.2 Å². The van der Waals surface area contributed by atoms with Crippen molar-refractivity contribution in [3.63, 3.8) is 0 Å². The molecular weight excluding hydrogens is 230 g/mol. The van der Waals surface area contributed by atoms with E-state index in [2.05, 4.69) is 44.8 Å². The first-order valence-electron chi connectivity index (χ1n) is 5.80. The zero-order valence-electron chi connectivity index (χ0n) is 10.8. The van der Waals surface area contributed by atoms with Crippen molar-refractivity contribution in [3.8, 4) is 0 Å². The summed E-state index contributed by atoms with van der Waals surface area (Å²) in [6.07, 6.45) is 7.09. The van der Waals surface area contributed by atoms with Crippen LogP contribution >= 0.6 is 11.3 Å². The van der Waals surface area contributed by atoms with Crippen molar-refractivity contribution in [2.75, 3.05) is 0 Å². The van der Waals surface area contributed by atoms with Crippen molar-refractivity contribution in [2.24, 2.45) is 11.8 Å². The van der Waals surface area contributed by atoms with Crippen molar-refractivity contribution >= 4 is 23.7 Å². The van der Waals surface area contributed by atoms with E-state index in [-0.39, 0.29) is 0 Å². The van der Waals surface area contributed by atoms with Gasteiger partial charge >= 0.3 is 0 Å². The van der Waals surface area contributed by atoms with Crippen LogP contribution in [0.4, 0.5) is 0 Å². The van der Waals surface area contributed by atoms with Gasteiger partial charge in [0.25, 0.3) is 0 Å². The van der Waals surface area contributed by atoms with Crippen LogP contribution in [-0.4, -0.2) is 11.3 Å². The van der Waals surface area contributed by atoms with Crippen LogP contribution in [0.15, 0.2) is 23.1 Å². The number of carbonyl (C=O) groups is 1.